The van der Waals surface area contributed by atoms with E-state index in [1.165, 1.54) is 48.7 Å². The monoisotopic (exact) mass is 584 g/mol. The fourth-order valence-corrected chi connectivity index (χ4v) is 7.23. The van der Waals surface area contributed by atoms with Crippen LogP contribution in [0.25, 0.3) is 0 Å². The normalized spacial score (nSPS) is 20.3. The first-order chi connectivity index (χ1) is 19.4. The molecule has 5 rings (SSSR count). The molecule has 1 aliphatic carbocycles. The van der Waals surface area contributed by atoms with Crippen LogP contribution in [-0.4, -0.2) is 89.2 Å². The molecule has 3 aliphatic rings. The molecule has 10 heteroatoms. The fourth-order valence-electron chi connectivity index (χ4n) is 6.25. The van der Waals surface area contributed by atoms with Gasteiger partial charge in [-0.1, -0.05) is 67.2 Å². The predicted octanol–water partition coefficient (Wildman–Crippen LogP) is 4.89. The van der Waals surface area contributed by atoms with Crippen molar-refractivity contribution in [3.63, 3.8) is 0 Å². The molecule has 0 bridgehead atoms. The number of thioether (sulfide) groups is 1. The molecule has 2 aromatic rings. The van der Waals surface area contributed by atoms with E-state index in [-0.39, 0.29) is 23.6 Å². The zero-order valence-corrected chi connectivity index (χ0v) is 25.3. The van der Waals surface area contributed by atoms with E-state index < -0.39 is 0 Å². The third kappa shape index (κ3) is 7.21. The topological polar surface area (TPSA) is 72.9 Å². The molecule has 216 valence electrons. The van der Waals surface area contributed by atoms with E-state index in [4.69, 9.17) is 16.6 Å². The van der Waals surface area contributed by atoms with E-state index in [2.05, 4.69) is 52.9 Å². The Morgan fingerprint density at radius 1 is 0.975 bits per heavy atom. The highest BCUT2D eigenvalue weighted by Crippen LogP contribution is 2.30. The van der Waals surface area contributed by atoms with Crippen LogP contribution < -0.4 is 9.80 Å². The molecule has 2 amide bonds. The first kappa shape index (κ1) is 29.0. The molecule has 40 heavy (non-hydrogen) atoms. The summed E-state index contributed by atoms with van der Waals surface area (Å²) in [6, 6.07) is 10.3. The zero-order chi connectivity index (χ0) is 28.1. The molecule has 1 aromatic heterocycles. The smallest absolute Gasteiger partial charge is 0.233 e. The maximum atomic E-state index is 13.0. The number of benzene rings is 1. The van der Waals surface area contributed by atoms with Gasteiger partial charge in [-0.25, -0.2) is 9.97 Å². The minimum absolute atomic E-state index is 0.0953. The minimum atomic E-state index is 0.0953. The number of para-hydroxylation sites is 1. The van der Waals surface area contributed by atoms with E-state index in [9.17, 15) is 9.59 Å². The fraction of sp³-hybridized carbons (Fsp3) is 0.600. The number of aromatic nitrogens is 2. The van der Waals surface area contributed by atoms with E-state index in [0.717, 1.165) is 31.2 Å². The molecule has 1 saturated carbocycles. The van der Waals surface area contributed by atoms with Gasteiger partial charge in [0.25, 0.3) is 0 Å². The maximum Gasteiger partial charge on any atom is 0.233 e. The summed E-state index contributed by atoms with van der Waals surface area (Å²) < 4.78 is 0. The number of amides is 2. The molecule has 2 aliphatic heterocycles. The highest BCUT2D eigenvalue weighted by Gasteiger charge is 2.29. The van der Waals surface area contributed by atoms with Crippen LogP contribution in [0.15, 0.2) is 35.5 Å². The molecule has 0 N–H and O–H groups in total. The first-order valence-electron chi connectivity index (χ1n) is 14.7. The number of anilines is 2. The number of hydrogen-bond acceptors (Lipinski definition) is 7. The van der Waals surface area contributed by atoms with Crippen molar-refractivity contribution >= 4 is 46.7 Å². The van der Waals surface area contributed by atoms with Crippen molar-refractivity contribution in [2.45, 2.75) is 63.6 Å². The Morgan fingerprint density at radius 3 is 2.42 bits per heavy atom. The highest BCUT2D eigenvalue weighted by atomic mass is 35.5. The number of halogens is 1. The second kappa shape index (κ2) is 13.4. The van der Waals surface area contributed by atoms with Gasteiger partial charge in [0, 0.05) is 70.0 Å². The lowest BCUT2D eigenvalue weighted by Gasteiger charge is -2.40. The van der Waals surface area contributed by atoms with Gasteiger partial charge in [-0.2, -0.15) is 0 Å². The van der Waals surface area contributed by atoms with Gasteiger partial charge in [0.1, 0.15) is 11.0 Å². The number of aryl methyl sites for hydroxylation is 1. The Balaban J connectivity index is 1.10. The summed E-state index contributed by atoms with van der Waals surface area (Å²) >= 11 is 7.72. The van der Waals surface area contributed by atoms with E-state index in [1.54, 1.807) is 6.07 Å². The third-order valence-electron chi connectivity index (χ3n) is 8.59. The van der Waals surface area contributed by atoms with Crippen LogP contribution >= 0.6 is 23.4 Å². The van der Waals surface area contributed by atoms with E-state index in [1.807, 2.05) is 9.80 Å². The Morgan fingerprint density at radius 2 is 1.70 bits per heavy atom. The number of piperazine rings is 2. The average molecular weight is 585 g/mol. The molecule has 1 unspecified atom stereocenters. The molecule has 3 fully saturated rings. The second-order valence-corrected chi connectivity index (χ2v) is 12.7. The van der Waals surface area contributed by atoms with Gasteiger partial charge >= 0.3 is 0 Å². The van der Waals surface area contributed by atoms with Crippen LogP contribution in [0, 0.1) is 12.8 Å². The lowest BCUT2D eigenvalue weighted by Crippen LogP contribution is -2.54. The van der Waals surface area contributed by atoms with E-state index >= 15 is 0 Å². The summed E-state index contributed by atoms with van der Waals surface area (Å²) in [6.07, 6.45) is 6.87. The summed E-state index contributed by atoms with van der Waals surface area (Å²) in [4.78, 5) is 43.5. The lowest BCUT2D eigenvalue weighted by atomic mass is 10.0. The van der Waals surface area contributed by atoms with Crippen molar-refractivity contribution in [2.75, 3.05) is 61.4 Å². The van der Waals surface area contributed by atoms with Crippen molar-refractivity contribution in [1.29, 1.82) is 0 Å². The summed E-state index contributed by atoms with van der Waals surface area (Å²) in [7, 11) is 0. The maximum absolute atomic E-state index is 13.0. The molecule has 1 aromatic carbocycles. The minimum Gasteiger partial charge on any atom is -0.368 e. The molecule has 0 spiro atoms. The first-order valence-corrected chi connectivity index (χ1v) is 16.0. The van der Waals surface area contributed by atoms with Crippen LogP contribution in [0.4, 0.5) is 11.5 Å². The Labute approximate surface area is 247 Å². The third-order valence-corrected chi connectivity index (χ3v) is 9.61. The summed E-state index contributed by atoms with van der Waals surface area (Å²) in [6.45, 7) is 9.39. The Bertz CT molecular complexity index is 1180. The van der Waals surface area contributed by atoms with Gasteiger partial charge in [0.2, 0.25) is 11.8 Å². The number of nitrogens with zero attached hydrogens (tertiary/aromatic N) is 6. The Hall–Kier alpha value is -2.52. The molecule has 0 radical (unpaired) electrons. The standard InChI is InChI=1S/C30H41ClN6O2S/c1-22-7-3-6-10-25(22)34-13-15-35(16-14-34)29(39)21-40-30-32-26(31)19-27(33-30)36-17-18-37(23(2)20-36)28(38)12-11-24-8-4-5-9-24/h3,6-7,10,19,23-24H,4-5,8-9,11-18,20-21H2,1-2H3. The number of hydrogen-bond donors (Lipinski definition) is 0. The van der Waals surface area contributed by atoms with Crippen LogP contribution in [0.2, 0.25) is 5.15 Å². The van der Waals surface area contributed by atoms with Crippen LogP contribution in [0.3, 0.4) is 0 Å². The van der Waals surface area contributed by atoms with Gasteiger partial charge in [0.15, 0.2) is 5.16 Å². The van der Waals surface area contributed by atoms with Crippen molar-refractivity contribution in [3.05, 3.63) is 41.0 Å². The van der Waals surface area contributed by atoms with Crippen molar-refractivity contribution in [3.8, 4) is 0 Å². The Kier molecular flexibility index (Phi) is 9.73. The molecule has 1 atom stereocenters. The molecule has 2 saturated heterocycles. The number of carbonyl (C=O) groups is 2. The van der Waals surface area contributed by atoms with Crippen LogP contribution in [0.5, 0.6) is 0 Å². The zero-order valence-electron chi connectivity index (χ0n) is 23.7. The number of rotatable bonds is 8. The van der Waals surface area contributed by atoms with Crippen LogP contribution in [-0.2, 0) is 9.59 Å². The van der Waals surface area contributed by atoms with Crippen LogP contribution in [0.1, 0.15) is 51.0 Å². The van der Waals surface area contributed by atoms with Crippen molar-refractivity contribution < 1.29 is 9.59 Å². The largest absolute Gasteiger partial charge is 0.368 e. The summed E-state index contributed by atoms with van der Waals surface area (Å²) in [5, 5.41) is 0.881. The van der Waals surface area contributed by atoms with Gasteiger partial charge in [-0.15, -0.1) is 0 Å². The van der Waals surface area contributed by atoms with Gasteiger partial charge < -0.3 is 19.6 Å². The van der Waals surface area contributed by atoms with E-state index in [0.29, 0.717) is 49.5 Å². The average Bonchev–Trinajstić information content (AvgIpc) is 3.48. The second-order valence-electron chi connectivity index (χ2n) is 11.3. The molecular weight excluding hydrogens is 544 g/mol. The summed E-state index contributed by atoms with van der Waals surface area (Å²) in [5.74, 6) is 2.14. The predicted molar refractivity (Wildman–Crippen MR) is 162 cm³/mol. The number of carbonyl (C=O) groups excluding carboxylic acids is 2. The van der Waals surface area contributed by atoms with Crippen molar-refractivity contribution in [2.24, 2.45) is 5.92 Å². The molecule has 8 nitrogen and oxygen atoms in total. The highest BCUT2D eigenvalue weighted by molar-refractivity contribution is 7.99. The van der Waals surface area contributed by atoms with Crippen molar-refractivity contribution in [1.82, 2.24) is 19.8 Å². The van der Waals surface area contributed by atoms with Gasteiger partial charge in [-0.3, -0.25) is 9.59 Å². The quantitative estimate of drug-likeness (QED) is 0.249. The molecule has 3 heterocycles. The van der Waals surface area contributed by atoms with Gasteiger partial charge in [-0.05, 0) is 37.8 Å². The lowest BCUT2D eigenvalue weighted by molar-refractivity contribution is -0.134. The SMILES string of the molecule is Cc1ccccc1N1CCN(C(=O)CSc2nc(Cl)cc(N3CCN(C(=O)CCC4CCCC4)C(C)C3)n2)CC1. The van der Waals surface area contributed by atoms with Gasteiger partial charge in [0.05, 0.1) is 5.75 Å². The summed E-state index contributed by atoms with van der Waals surface area (Å²) in [5.41, 5.74) is 2.50. The molecular formula is C30H41ClN6O2S.